The molecule has 0 atom stereocenters. The summed E-state index contributed by atoms with van der Waals surface area (Å²) in [5.74, 6) is -0.466. The topological polar surface area (TPSA) is 66.0 Å². The second kappa shape index (κ2) is 5.18. The first-order chi connectivity index (χ1) is 8.58. The largest absolute Gasteiger partial charge is 0.478 e. The first kappa shape index (κ1) is 12.6. The number of imidazole rings is 1. The van der Waals surface area contributed by atoms with Gasteiger partial charge in [-0.2, -0.15) is 0 Å². The van der Waals surface area contributed by atoms with Crippen LogP contribution in [0.15, 0.2) is 34.8 Å². The molecule has 92 valence electrons. The number of nitrogens with one attached hydrogen (secondary N) is 1. The maximum atomic E-state index is 10.5. The molecule has 2 N–H and O–H groups in total. The summed E-state index contributed by atoms with van der Waals surface area (Å²) in [6.45, 7) is 1.90. The summed E-state index contributed by atoms with van der Waals surface area (Å²) < 4.78 is 0.952. The maximum absolute atomic E-state index is 10.5. The summed E-state index contributed by atoms with van der Waals surface area (Å²) in [5, 5.41) is 8.58. The number of aromatic amines is 1. The van der Waals surface area contributed by atoms with Gasteiger partial charge in [-0.05, 0) is 19.1 Å². The number of halogens is 1. The third kappa shape index (κ3) is 2.68. The van der Waals surface area contributed by atoms with Gasteiger partial charge >= 0.3 is 5.97 Å². The van der Waals surface area contributed by atoms with Gasteiger partial charge in [0.25, 0.3) is 0 Å². The number of nitrogens with zero attached hydrogens (tertiary/aromatic N) is 1. The average Bonchev–Trinajstić information content (AvgIpc) is 2.69. The van der Waals surface area contributed by atoms with Crippen molar-refractivity contribution in [1.82, 2.24) is 9.97 Å². The Morgan fingerprint density at radius 2 is 2.17 bits per heavy atom. The lowest BCUT2D eigenvalue weighted by atomic mass is 10.1. The highest BCUT2D eigenvalue weighted by Crippen LogP contribution is 2.28. The van der Waals surface area contributed by atoms with Crippen molar-refractivity contribution >= 4 is 28.0 Å². The standard InChI is InChI=1S/C13H11BrN2O2/c1-8-13(9-4-2-3-5-10(9)14)16-11(15-8)6-7-12(17)18/h2-7H,1H3,(H,15,16)(H,17,18)/b7-6+. The van der Waals surface area contributed by atoms with Crippen molar-refractivity contribution in [3.63, 3.8) is 0 Å². The van der Waals surface area contributed by atoms with Gasteiger partial charge < -0.3 is 10.1 Å². The van der Waals surface area contributed by atoms with E-state index < -0.39 is 5.97 Å². The summed E-state index contributed by atoms with van der Waals surface area (Å²) in [7, 11) is 0. The van der Waals surface area contributed by atoms with Crippen LogP contribution in [0.1, 0.15) is 11.5 Å². The molecule has 0 fully saturated rings. The Bertz CT molecular complexity index is 617. The molecule has 4 nitrogen and oxygen atoms in total. The normalized spacial score (nSPS) is 11.0. The molecule has 0 saturated carbocycles. The smallest absolute Gasteiger partial charge is 0.328 e. The van der Waals surface area contributed by atoms with Crippen molar-refractivity contribution in [3.05, 3.63) is 46.3 Å². The number of benzene rings is 1. The van der Waals surface area contributed by atoms with Crippen LogP contribution in [0.5, 0.6) is 0 Å². The van der Waals surface area contributed by atoms with Gasteiger partial charge in [-0.25, -0.2) is 9.78 Å². The third-order valence-corrected chi connectivity index (χ3v) is 3.11. The Labute approximate surface area is 113 Å². The van der Waals surface area contributed by atoms with Crippen molar-refractivity contribution in [2.45, 2.75) is 6.92 Å². The molecular formula is C13H11BrN2O2. The molecule has 0 aliphatic carbocycles. The van der Waals surface area contributed by atoms with E-state index in [4.69, 9.17) is 5.11 Å². The maximum Gasteiger partial charge on any atom is 0.328 e. The molecule has 0 aliphatic rings. The second-order valence-electron chi connectivity index (χ2n) is 3.75. The van der Waals surface area contributed by atoms with E-state index in [-0.39, 0.29) is 0 Å². The summed E-state index contributed by atoms with van der Waals surface area (Å²) >= 11 is 3.47. The van der Waals surface area contributed by atoms with Crippen molar-refractivity contribution in [2.24, 2.45) is 0 Å². The fraction of sp³-hybridized carbons (Fsp3) is 0.0769. The number of aliphatic carboxylic acids is 1. The van der Waals surface area contributed by atoms with Gasteiger partial charge in [0.1, 0.15) is 5.82 Å². The first-order valence-electron chi connectivity index (χ1n) is 5.30. The van der Waals surface area contributed by atoms with Crippen LogP contribution in [0.4, 0.5) is 0 Å². The van der Waals surface area contributed by atoms with Gasteiger partial charge in [-0.15, -0.1) is 0 Å². The molecule has 0 radical (unpaired) electrons. The van der Waals surface area contributed by atoms with Gasteiger partial charge in [0.05, 0.1) is 5.69 Å². The van der Waals surface area contributed by atoms with Crippen molar-refractivity contribution in [3.8, 4) is 11.3 Å². The lowest BCUT2D eigenvalue weighted by molar-refractivity contribution is -0.131. The lowest BCUT2D eigenvalue weighted by Crippen LogP contribution is -1.86. The van der Waals surface area contributed by atoms with E-state index in [1.165, 1.54) is 6.08 Å². The van der Waals surface area contributed by atoms with Crippen LogP contribution in [0.2, 0.25) is 0 Å². The summed E-state index contributed by atoms with van der Waals surface area (Å²) in [6.07, 6.45) is 2.50. The molecule has 1 heterocycles. The monoisotopic (exact) mass is 306 g/mol. The van der Waals surface area contributed by atoms with E-state index in [0.29, 0.717) is 5.82 Å². The van der Waals surface area contributed by atoms with E-state index in [0.717, 1.165) is 27.5 Å². The van der Waals surface area contributed by atoms with Crippen molar-refractivity contribution < 1.29 is 9.90 Å². The number of aryl methyl sites for hydroxylation is 1. The highest BCUT2D eigenvalue weighted by Gasteiger charge is 2.10. The van der Waals surface area contributed by atoms with Gasteiger partial charge in [-0.1, -0.05) is 34.1 Å². The fourth-order valence-corrected chi connectivity index (χ4v) is 2.10. The Morgan fingerprint density at radius 3 is 2.83 bits per heavy atom. The summed E-state index contributed by atoms with van der Waals surface area (Å²) in [6, 6.07) is 7.76. The number of carbonyl (C=O) groups is 1. The average molecular weight is 307 g/mol. The summed E-state index contributed by atoms with van der Waals surface area (Å²) in [4.78, 5) is 17.9. The van der Waals surface area contributed by atoms with Crippen LogP contribution in [-0.2, 0) is 4.79 Å². The molecule has 18 heavy (non-hydrogen) atoms. The van der Waals surface area contributed by atoms with Crippen LogP contribution in [0.25, 0.3) is 17.3 Å². The van der Waals surface area contributed by atoms with E-state index >= 15 is 0 Å². The minimum absolute atomic E-state index is 0.528. The molecule has 1 aromatic heterocycles. The van der Waals surface area contributed by atoms with E-state index in [1.807, 2.05) is 31.2 Å². The Hall–Kier alpha value is -1.88. The number of carboxylic acid groups (broad SMARTS) is 1. The SMILES string of the molecule is Cc1[nH]c(/C=C/C(=O)O)nc1-c1ccccc1Br. The van der Waals surface area contributed by atoms with Crippen molar-refractivity contribution in [1.29, 1.82) is 0 Å². The number of aromatic nitrogens is 2. The Kier molecular flexibility index (Phi) is 3.62. The third-order valence-electron chi connectivity index (χ3n) is 2.42. The number of hydrogen-bond acceptors (Lipinski definition) is 2. The van der Waals surface area contributed by atoms with Gasteiger partial charge in [-0.3, -0.25) is 0 Å². The van der Waals surface area contributed by atoms with E-state index in [9.17, 15) is 4.79 Å². The molecule has 5 heteroatoms. The van der Waals surface area contributed by atoms with Gasteiger partial charge in [0.15, 0.2) is 0 Å². The van der Waals surface area contributed by atoms with Crippen LogP contribution in [0.3, 0.4) is 0 Å². The number of carboxylic acids is 1. The number of rotatable bonds is 3. The molecule has 1 aromatic carbocycles. The highest BCUT2D eigenvalue weighted by atomic mass is 79.9. The molecule has 0 bridgehead atoms. The van der Waals surface area contributed by atoms with Crippen LogP contribution >= 0.6 is 15.9 Å². The van der Waals surface area contributed by atoms with E-state index in [1.54, 1.807) is 0 Å². The van der Waals surface area contributed by atoms with Crippen molar-refractivity contribution in [2.75, 3.05) is 0 Å². The Morgan fingerprint density at radius 1 is 1.44 bits per heavy atom. The first-order valence-corrected chi connectivity index (χ1v) is 6.09. The molecule has 0 amide bonds. The molecule has 2 aromatic rings. The zero-order valence-electron chi connectivity index (χ0n) is 9.64. The quantitative estimate of drug-likeness (QED) is 0.856. The molecular weight excluding hydrogens is 296 g/mol. The van der Waals surface area contributed by atoms with Gasteiger partial charge in [0.2, 0.25) is 0 Å². The minimum atomic E-state index is -0.994. The molecule has 0 unspecified atom stereocenters. The fourth-order valence-electron chi connectivity index (χ4n) is 1.63. The highest BCUT2D eigenvalue weighted by molar-refractivity contribution is 9.10. The molecule has 2 rings (SSSR count). The molecule has 0 aliphatic heterocycles. The Balaban J connectivity index is 2.42. The minimum Gasteiger partial charge on any atom is -0.478 e. The zero-order valence-corrected chi connectivity index (χ0v) is 11.2. The molecule has 0 saturated heterocycles. The second-order valence-corrected chi connectivity index (χ2v) is 4.60. The lowest BCUT2D eigenvalue weighted by Gasteiger charge is -2.00. The molecule has 0 spiro atoms. The predicted molar refractivity (Wildman–Crippen MR) is 73.1 cm³/mol. The zero-order chi connectivity index (χ0) is 13.1. The van der Waals surface area contributed by atoms with Gasteiger partial charge in [0, 0.05) is 21.8 Å². The van der Waals surface area contributed by atoms with Crippen LogP contribution in [-0.4, -0.2) is 21.0 Å². The van der Waals surface area contributed by atoms with Crippen LogP contribution < -0.4 is 0 Å². The van der Waals surface area contributed by atoms with E-state index in [2.05, 4.69) is 25.9 Å². The summed E-state index contributed by atoms with van der Waals surface area (Å²) in [5.41, 5.74) is 2.68. The predicted octanol–water partition coefficient (Wildman–Crippen LogP) is 3.25. The number of H-pyrrole nitrogens is 1. The number of hydrogen-bond donors (Lipinski definition) is 2. The van der Waals surface area contributed by atoms with Crippen LogP contribution in [0, 0.1) is 6.92 Å².